The Morgan fingerprint density at radius 2 is 1.77 bits per heavy atom. The molecule has 66 heavy (non-hydrogen) atoms. The van der Waals surface area contributed by atoms with E-state index in [0.717, 1.165) is 99.6 Å². The van der Waals surface area contributed by atoms with E-state index in [4.69, 9.17) is 9.72 Å². The van der Waals surface area contributed by atoms with Gasteiger partial charge in [0.1, 0.15) is 24.1 Å². The number of carbonyl (C=O) groups excluding carboxylic acids is 5. The smallest absolute Gasteiger partial charge is 0.264 e. The SMILES string of the molecule is CNC(=O)CCC(C=O)N1C(=O)c2cccc(NCCCCCCN3CCC(NC(=O)c4cn(C5CCCC5)c5cc(Nc6ccnc(N7CCC(OC)C(F)C7)n6)ncc45)CC3)c2C1=O. The van der Waals surface area contributed by atoms with Crippen molar-refractivity contribution in [3.05, 3.63) is 65.6 Å². The van der Waals surface area contributed by atoms with Crippen molar-refractivity contribution in [3.63, 3.8) is 0 Å². The molecule has 4 aromatic rings. The molecule has 17 nitrogen and oxygen atoms in total. The van der Waals surface area contributed by atoms with Gasteiger partial charge in [-0.3, -0.25) is 24.1 Å². The number of aromatic nitrogens is 4. The van der Waals surface area contributed by atoms with Crippen LogP contribution in [-0.2, 0) is 14.3 Å². The molecule has 0 radical (unpaired) electrons. The lowest BCUT2D eigenvalue weighted by molar-refractivity contribution is -0.121. The number of methoxy groups -OCH3 is 1. The van der Waals surface area contributed by atoms with Crippen molar-refractivity contribution in [1.29, 1.82) is 0 Å². The molecule has 6 heterocycles. The van der Waals surface area contributed by atoms with E-state index in [1.54, 1.807) is 36.7 Å². The number of alkyl halides is 1. The van der Waals surface area contributed by atoms with Crippen LogP contribution >= 0.6 is 0 Å². The largest absolute Gasteiger partial charge is 0.384 e. The minimum atomic E-state index is -1.12. The average molecular weight is 908 g/mol. The van der Waals surface area contributed by atoms with E-state index in [1.807, 2.05) is 17.2 Å². The molecule has 3 unspecified atom stereocenters. The zero-order valence-electron chi connectivity index (χ0n) is 38.0. The van der Waals surface area contributed by atoms with Crippen molar-refractivity contribution in [3.8, 4) is 0 Å². The molecule has 1 saturated carbocycles. The summed E-state index contributed by atoms with van der Waals surface area (Å²) in [7, 11) is 3.03. The predicted molar refractivity (Wildman–Crippen MR) is 249 cm³/mol. The molecular formula is C48H62FN11O6. The monoisotopic (exact) mass is 907 g/mol. The van der Waals surface area contributed by atoms with E-state index in [1.165, 1.54) is 14.2 Å². The highest BCUT2D eigenvalue weighted by Gasteiger charge is 2.41. The van der Waals surface area contributed by atoms with Gasteiger partial charge in [0.15, 0.2) is 0 Å². The Morgan fingerprint density at radius 1 is 0.970 bits per heavy atom. The summed E-state index contributed by atoms with van der Waals surface area (Å²) in [5.41, 5.74) is 2.69. The quantitative estimate of drug-likeness (QED) is 0.0472. The van der Waals surface area contributed by atoms with Gasteiger partial charge < -0.3 is 45.2 Å². The molecule has 2 saturated heterocycles. The summed E-state index contributed by atoms with van der Waals surface area (Å²) in [4.78, 5) is 83.2. The van der Waals surface area contributed by atoms with Crippen molar-refractivity contribution in [2.75, 3.05) is 69.0 Å². The number of imide groups is 1. The van der Waals surface area contributed by atoms with Crippen LogP contribution in [-0.4, -0.2) is 137 Å². The molecule has 8 rings (SSSR count). The second-order valence-electron chi connectivity index (χ2n) is 17.9. The first-order chi connectivity index (χ1) is 32.1. The van der Waals surface area contributed by atoms with Gasteiger partial charge in [-0.05, 0) is 76.1 Å². The Hall–Kier alpha value is -6.01. The van der Waals surface area contributed by atoms with E-state index < -0.39 is 30.1 Å². The molecule has 4 N–H and O–H groups in total. The fourth-order valence-corrected chi connectivity index (χ4v) is 9.92. The highest BCUT2D eigenvalue weighted by atomic mass is 19.1. The first kappa shape index (κ1) is 46.5. The van der Waals surface area contributed by atoms with Crippen molar-refractivity contribution < 1.29 is 33.1 Å². The van der Waals surface area contributed by atoms with Gasteiger partial charge in [-0.15, -0.1) is 0 Å². The number of halogens is 1. The van der Waals surface area contributed by atoms with E-state index in [2.05, 4.69) is 40.7 Å². The molecular weight excluding hydrogens is 846 g/mol. The van der Waals surface area contributed by atoms with Crippen LogP contribution in [0.2, 0.25) is 0 Å². The summed E-state index contributed by atoms with van der Waals surface area (Å²) in [6, 6.07) is 8.23. The number of anilines is 4. The van der Waals surface area contributed by atoms with Gasteiger partial charge in [-0.1, -0.05) is 31.7 Å². The maximum absolute atomic E-state index is 14.7. The standard InChI is InChI=1S/C48H62FN11O6/c1-50-43(62)15-14-33(30-61)60-46(64)34-12-9-13-38(44(34)47(60)65)51-20-7-3-4-8-22-57-23-17-31(18-24-57)54-45(63)36-28-59(32-10-5-6-11-32)39-26-42(53-27-35(36)39)55-41-16-21-52-48(56-41)58-25-19-40(66-2)37(49)29-58/h9,12-13,16,21,26-28,30-33,37,40,51H,3-8,10-11,14-15,17-20,22-25,29H2,1-2H3,(H,50,62)(H,54,63)(H,52,53,55,56). The third-order valence-corrected chi connectivity index (χ3v) is 13.7. The molecule has 1 aliphatic carbocycles. The molecule has 0 spiro atoms. The number of amides is 4. The number of nitrogens with zero attached hydrogens (tertiary/aromatic N) is 7. The van der Waals surface area contributed by atoms with Crippen molar-refractivity contribution in [2.24, 2.45) is 0 Å². The summed E-state index contributed by atoms with van der Waals surface area (Å²) in [5.74, 6) is 0.221. The van der Waals surface area contributed by atoms with Crippen LogP contribution in [0.25, 0.3) is 10.9 Å². The van der Waals surface area contributed by atoms with Crippen LogP contribution in [0, 0.1) is 0 Å². The number of ether oxygens (including phenoxy) is 1. The first-order valence-corrected chi connectivity index (χ1v) is 23.6. The van der Waals surface area contributed by atoms with Crippen molar-refractivity contribution in [2.45, 2.75) is 114 Å². The van der Waals surface area contributed by atoms with Crippen LogP contribution in [0.15, 0.2) is 48.9 Å². The van der Waals surface area contributed by atoms with Gasteiger partial charge in [-0.2, -0.15) is 4.98 Å². The second kappa shape index (κ2) is 21.5. The van der Waals surface area contributed by atoms with E-state index >= 15 is 0 Å². The van der Waals surface area contributed by atoms with E-state index in [0.29, 0.717) is 60.7 Å². The Bertz CT molecular complexity index is 2380. The van der Waals surface area contributed by atoms with Crippen LogP contribution < -0.4 is 26.2 Å². The van der Waals surface area contributed by atoms with Crippen LogP contribution in [0.3, 0.4) is 0 Å². The number of pyridine rings is 1. The molecule has 18 heteroatoms. The molecule has 3 fully saturated rings. The number of aldehydes is 1. The number of rotatable bonds is 20. The first-order valence-electron chi connectivity index (χ1n) is 23.6. The zero-order chi connectivity index (χ0) is 46.2. The summed E-state index contributed by atoms with van der Waals surface area (Å²) in [6.45, 7) is 4.22. The Morgan fingerprint density at radius 3 is 2.53 bits per heavy atom. The molecule has 4 aliphatic rings. The zero-order valence-corrected chi connectivity index (χ0v) is 38.0. The second-order valence-corrected chi connectivity index (χ2v) is 17.9. The third kappa shape index (κ3) is 10.5. The number of carbonyl (C=O) groups is 5. The van der Waals surface area contributed by atoms with Gasteiger partial charge in [0, 0.05) is 94.6 Å². The maximum atomic E-state index is 14.7. The molecule has 0 bridgehead atoms. The van der Waals surface area contributed by atoms with Crippen LogP contribution in [0.4, 0.5) is 27.7 Å². The normalized spacial score (nSPS) is 19.9. The lowest BCUT2D eigenvalue weighted by Gasteiger charge is -2.33. The van der Waals surface area contributed by atoms with Crippen LogP contribution in [0.1, 0.15) is 121 Å². The number of nitrogens with one attached hydrogen (secondary N) is 4. The van der Waals surface area contributed by atoms with Gasteiger partial charge in [0.05, 0.1) is 40.9 Å². The Balaban J connectivity index is 0.786. The lowest BCUT2D eigenvalue weighted by atomic mass is 10.0. The molecule has 3 atom stereocenters. The van der Waals surface area contributed by atoms with E-state index in [9.17, 15) is 28.4 Å². The Labute approximate surface area is 384 Å². The summed E-state index contributed by atoms with van der Waals surface area (Å²) in [5, 5.41) is 13.3. The third-order valence-electron chi connectivity index (χ3n) is 13.7. The lowest BCUT2D eigenvalue weighted by Crippen LogP contribution is -2.46. The summed E-state index contributed by atoms with van der Waals surface area (Å²) in [6.07, 6.45) is 15.3. The number of piperidine rings is 2. The van der Waals surface area contributed by atoms with Gasteiger partial charge in [0.25, 0.3) is 17.7 Å². The van der Waals surface area contributed by atoms with Crippen molar-refractivity contribution >= 4 is 64.1 Å². The molecule has 4 amide bonds. The predicted octanol–water partition coefficient (Wildman–Crippen LogP) is 5.80. The van der Waals surface area contributed by atoms with E-state index in [-0.39, 0.29) is 48.4 Å². The average Bonchev–Trinajstić information content (AvgIpc) is 4.07. The minimum Gasteiger partial charge on any atom is -0.384 e. The molecule has 3 aliphatic heterocycles. The number of unbranched alkanes of at least 4 members (excludes halogenated alkanes) is 3. The molecule has 3 aromatic heterocycles. The number of likely N-dealkylation sites (tertiary alicyclic amines) is 1. The highest BCUT2D eigenvalue weighted by Crippen LogP contribution is 2.36. The summed E-state index contributed by atoms with van der Waals surface area (Å²) < 4.78 is 22.2. The fourth-order valence-electron chi connectivity index (χ4n) is 9.92. The minimum absolute atomic E-state index is 0.0280. The fraction of sp³-hybridized carbons (Fsp3) is 0.542. The van der Waals surface area contributed by atoms with Gasteiger partial charge in [0.2, 0.25) is 11.9 Å². The van der Waals surface area contributed by atoms with Crippen LogP contribution in [0.5, 0.6) is 0 Å². The molecule has 1 aromatic carbocycles. The summed E-state index contributed by atoms with van der Waals surface area (Å²) >= 11 is 0. The number of hydrogen-bond donors (Lipinski definition) is 4. The van der Waals surface area contributed by atoms with Gasteiger partial charge in [-0.25, -0.2) is 14.4 Å². The van der Waals surface area contributed by atoms with Crippen molar-refractivity contribution in [1.82, 2.24) is 40.0 Å². The molecule has 352 valence electrons. The topological polar surface area (TPSA) is 196 Å². The van der Waals surface area contributed by atoms with Gasteiger partial charge >= 0.3 is 0 Å². The maximum Gasteiger partial charge on any atom is 0.264 e. The number of hydrogen-bond acceptors (Lipinski definition) is 13. The number of fused-ring (bicyclic) bond motifs is 2. The highest BCUT2D eigenvalue weighted by molar-refractivity contribution is 6.24. The Kier molecular flexibility index (Phi) is 15.2. The number of benzene rings is 1.